The molecule has 0 fully saturated rings. The van der Waals surface area contributed by atoms with Crippen molar-refractivity contribution in [1.82, 2.24) is 0 Å². The normalized spacial score (nSPS) is 9.95. The maximum absolute atomic E-state index is 11.2. The van der Waals surface area contributed by atoms with Gasteiger partial charge in [-0.05, 0) is 36.4 Å². The van der Waals surface area contributed by atoms with Crippen LogP contribution in [0.15, 0.2) is 54.6 Å². The van der Waals surface area contributed by atoms with Crippen molar-refractivity contribution in [2.45, 2.75) is 0 Å². The van der Waals surface area contributed by atoms with Gasteiger partial charge in [0.1, 0.15) is 24.7 Å². The van der Waals surface area contributed by atoms with E-state index in [9.17, 15) is 4.79 Å². The topological polar surface area (TPSA) is 47.6 Å². The Balaban J connectivity index is 1.72. The monoisotopic (exact) mass is 349 g/mol. The van der Waals surface area contributed by atoms with Crippen molar-refractivity contribution in [3.8, 4) is 11.5 Å². The van der Waals surface area contributed by atoms with E-state index in [4.69, 9.17) is 9.47 Å². The molecule has 1 amide bonds. The molecule has 110 valence electrons. The maximum atomic E-state index is 11.2. The maximum Gasteiger partial charge on any atom is 0.235 e. The highest BCUT2D eigenvalue weighted by molar-refractivity contribution is 9.09. The predicted molar refractivity (Wildman–Crippen MR) is 86.3 cm³/mol. The molecule has 0 saturated carbocycles. The van der Waals surface area contributed by atoms with Gasteiger partial charge < -0.3 is 14.8 Å². The number of para-hydroxylation sites is 1. The molecule has 2 rings (SSSR count). The number of ether oxygens (including phenoxy) is 2. The van der Waals surface area contributed by atoms with E-state index in [-0.39, 0.29) is 11.2 Å². The van der Waals surface area contributed by atoms with E-state index in [0.29, 0.717) is 13.2 Å². The van der Waals surface area contributed by atoms with E-state index in [1.807, 2.05) is 42.5 Å². The second kappa shape index (κ2) is 8.32. The van der Waals surface area contributed by atoms with Crippen molar-refractivity contribution in [3.63, 3.8) is 0 Å². The summed E-state index contributed by atoms with van der Waals surface area (Å²) in [6.07, 6.45) is 0. The summed E-state index contributed by atoms with van der Waals surface area (Å²) in [7, 11) is 0. The van der Waals surface area contributed by atoms with Crippen LogP contribution in [-0.2, 0) is 4.79 Å². The summed E-state index contributed by atoms with van der Waals surface area (Å²) in [5, 5.41) is 3.02. The molecule has 5 heteroatoms. The van der Waals surface area contributed by atoms with Crippen LogP contribution < -0.4 is 14.8 Å². The highest BCUT2D eigenvalue weighted by Gasteiger charge is 2.00. The Morgan fingerprint density at radius 1 is 0.905 bits per heavy atom. The summed E-state index contributed by atoms with van der Waals surface area (Å²) in [6, 6.07) is 16.8. The lowest BCUT2D eigenvalue weighted by molar-refractivity contribution is -0.113. The van der Waals surface area contributed by atoms with E-state index in [2.05, 4.69) is 21.2 Å². The van der Waals surface area contributed by atoms with Gasteiger partial charge in [0.25, 0.3) is 0 Å². The van der Waals surface area contributed by atoms with E-state index in [1.165, 1.54) is 0 Å². The van der Waals surface area contributed by atoms with Gasteiger partial charge in [-0.2, -0.15) is 0 Å². The first-order valence-corrected chi connectivity index (χ1v) is 7.66. The highest BCUT2D eigenvalue weighted by Crippen LogP contribution is 2.16. The third-order valence-corrected chi connectivity index (χ3v) is 3.13. The molecular weight excluding hydrogens is 334 g/mol. The SMILES string of the molecule is O=C(CBr)Nc1ccc(OCCOc2ccccc2)cc1. The first-order valence-electron chi connectivity index (χ1n) is 6.54. The van der Waals surface area contributed by atoms with Gasteiger partial charge in [0.15, 0.2) is 0 Å². The first kappa shape index (κ1) is 15.4. The number of amides is 1. The molecule has 0 spiro atoms. The van der Waals surface area contributed by atoms with Crippen LogP contribution in [0.4, 0.5) is 5.69 Å². The van der Waals surface area contributed by atoms with Crippen LogP contribution >= 0.6 is 15.9 Å². The Kier molecular flexibility index (Phi) is 6.09. The molecule has 0 atom stereocenters. The van der Waals surface area contributed by atoms with E-state index in [0.717, 1.165) is 17.2 Å². The van der Waals surface area contributed by atoms with Crippen LogP contribution in [0, 0.1) is 0 Å². The van der Waals surface area contributed by atoms with Gasteiger partial charge >= 0.3 is 0 Å². The van der Waals surface area contributed by atoms with Crippen LogP contribution in [-0.4, -0.2) is 24.5 Å². The van der Waals surface area contributed by atoms with Gasteiger partial charge in [-0.1, -0.05) is 34.1 Å². The molecule has 2 aromatic rings. The van der Waals surface area contributed by atoms with Crippen LogP contribution in [0.5, 0.6) is 11.5 Å². The van der Waals surface area contributed by atoms with Crippen LogP contribution in [0.1, 0.15) is 0 Å². The Morgan fingerprint density at radius 3 is 2.05 bits per heavy atom. The standard InChI is InChI=1S/C16H16BrNO3/c17-12-16(19)18-13-6-8-15(9-7-13)21-11-10-20-14-4-2-1-3-5-14/h1-9H,10-12H2,(H,18,19). The van der Waals surface area contributed by atoms with Gasteiger partial charge in [-0.15, -0.1) is 0 Å². The molecule has 0 aromatic heterocycles. The Bertz CT molecular complexity index is 557. The number of halogens is 1. The molecule has 21 heavy (non-hydrogen) atoms. The van der Waals surface area contributed by atoms with Crippen molar-refractivity contribution >= 4 is 27.5 Å². The summed E-state index contributed by atoms with van der Waals surface area (Å²) in [4.78, 5) is 11.2. The average molecular weight is 350 g/mol. The van der Waals surface area contributed by atoms with Gasteiger partial charge in [-0.3, -0.25) is 4.79 Å². The molecule has 0 unspecified atom stereocenters. The lowest BCUT2D eigenvalue weighted by Crippen LogP contribution is -2.12. The zero-order valence-electron chi connectivity index (χ0n) is 11.4. The molecule has 0 aliphatic heterocycles. The predicted octanol–water partition coefficient (Wildman–Crippen LogP) is 3.48. The summed E-state index contributed by atoms with van der Waals surface area (Å²) >= 11 is 3.10. The summed E-state index contributed by atoms with van der Waals surface area (Å²) < 4.78 is 11.1. The molecule has 2 aromatic carbocycles. The zero-order valence-corrected chi connectivity index (χ0v) is 13.0. The molecule has 1 N–H and O–H groups in total. The fourth-order valence-corrected chi connectivity index (χ4v) is 1.80. The van der Waals surface area contributed by atoms with E-state index < -0.39 is 0 Å². The highest BCUT2D eigenvalue weighted by atomic mass is 79.9. The third kappa shape index (κ3) is 5.47. The van der Waals surface area contributed by atoms with Crippen LogP contribution in [0.3, 0.4) is 0 Å². The minimum absolute atomic E-state index is 0.0834. The van der Waals surface area contributed by atoms with Crippen molar-refractivity contribution in [2.24, 2.45) is 0 Å². The lowest BCUT2D eigenvalue weighted by Gasteiger charge is -2.09. The fraction of sp³-hybridized carbons (Fsp3) is 0.188. The second-order valence-electron chi connectivity index (χ2n) is 4.22. The Hall–Kier alpha value is -2.01. The number of anilines is 1. The van der Waals surface area contributed by atoms with Crippen molar-refractivity contribution in [3.05, 3.63) is 54.6 Å². The van der Waals surface area contributed by atoms with Crippen molar-refractivity contribution < 1.29 is 14.3 Å². The van der Waals surface area contributed by atoms with E-state index in [1.54, 1.807) is 12.1 Å². The van der Waals surface area contributed by atoms with Crippen LogP contribution in [0.2, 0.25) is 0 Å². The molecule has 0 radical (unpaired) electrons. The number of carbonyl (C=O) groups is 1. The molecule has 0 bridgehead atoms. The van der Waals surface area contributed by atoms with Crippen molar-refractivity contribution in [1.29, 1.82) is 0 Å². The minimum Gasteiger partial charge on any atom is -0.490 e. The van der Waals surface area contributed by atoms with Crippen LogP contribution in [0.25, 0.3) is 0 Å². The largest absolute Gasteiger partial charge is 0.490 e. The van der Waals surface area contributed by atoms with Gasteiger partial charge in [0.05, 0.1) is 5.33 Å². The summed E-state index contributed by atoms with van der Waals surface area (Å²) in [5.41, 5.74) is 0.743. The molecule has 0 heterocycles. The number of benzene rings is 2. The number of hydrogen-bond acceptors (Lipinski definition) is 3. The molecule has 0 aliphatic carbocycles. The van der Waals surface area contributed by atoms with Gasteiger partial charge in [0, 0.05) is 5.69 Å². The number of carbonyl (C=O) groups excluding carboxylic acids is 1. The Labute approximate surface area is 132 Å². The van der Waals surface area contributed by atoms with Gasteiger partial charge in [-0.25, -0.2) is 0 Å². The number of alkyl halides is 1. The number of nitrogens with one attached hydrogen (secondary N) is 1. The third-order valence-electron chi connectivity index (χ3n) is 2.62. The zero-order chi connectivity index (χ0) is 14.9. The molecule has 0 aliphatic rings. The second-order valence-corrected chi connectivity index (χ2v) is 4.78. The smallest absolute Gasteiger partial charge is 0.235 e. The average Bonchev–Trinajstić information content (AvgIpc) is 2.54. The summed E-state index contributed by atoms with van der Waals surface area (Å²) in [6.45, 7) is 0.939. The minimum atomic E-state index is -0.0834. The van der Waals surface area contributed by atoms with Gasteiger partial charge in [0.2, 0.25) is 5.91 Å². The Morgan fingerprint density at radius 2 is 1.48 bits per heavy atom. The molecule has 4 nitrogen and oxygen atoms in total. The fourth-order valence-electron chi connectivity index (χ4n) is 1.66. The molecule has 0 saturated heterocycles. The quantitative estimate of drug-likeness (QED) is 0.614. The number of hydrogen-bond donors (Lipinski definition) is 1. The van der Waals surface area contributed by atoms with Crippen molar-refractivity contribution in [2.75, 3.05) is 23.9 Å². The number of rotatable bonds is 7. The first-order chi connectivity index (χ1) is 10.3. The van der Waals surface area contributed by atoms with E-state index >= 15 is 0 Å². The molecular formula is C16H16BrNO3. The lowest BCUT2D eigenvalue weighted by atomic mass is 10.3. The summed E-state index contributed by atoms with van der Waals surface area (Å²) in [5.74, 6) is 1.48.